The number of carbonyl (C=O) groups excluding carboxylic acids is 2. The third kappa shape index (κ3) is 5.16. The van der Waals surface area contributed by atoms with Crippen molar-refractivity contribution >= 4 is 17.5 Å². The summed E-state index contributed by atoms with van der Waals surface area (Å²) in [6.45, 7) is 1.88. The number of rotatable bonds is 8. The number of ether oxygens (including phenoxy) is 3. The van der Waals surface area contributed by atoms with E-state index in [9.17, 15) is 9.59 Å². The van der Waals surface area contributed by atoms with Crippen LogP contribution < -0.4 is 19.5 Å². The zero-order chi connectivity index (χ0) is 20.7. The van der Waals surface area contributed by atoms with Crippen molar-refractivity contribution in [2.24, 2.45) is 0 Å². The minimum atomic E-state index is -0.389. The number of nitrogens with one attached hydrogen (secondary N) is 1. The first kappa shape index (κ1) is 21.1. The molecule has 7 heteroatoms. The monoisotopic (exact) mass is 386 g/mol. The fraction of sp³-hybridized carbons (Fsp3) is 0.333. The summed E-state index contributed by atoms with van der Waals surface area (Å²) in [4.78, 5) is 26.3. The topological polar surface area (TPSA) is 77.1 Å². The normalized spacial score (nSPS) is 10.2. The second kappa shape index (κ2) is 9.64. The lowest BCUT2D eigenvalue weighted by Crippen LogP contribution is -2.26. The highest BCUT2D eigenvalue weighted by Crippen LogP contribution is 2.34. The number of aryl methyl sites for hydroxylation is 1. The first-order chi connectivity index (χ1) is 13.4. The van der Waals surface area contributed by atoms with Gasteiger partial charge in [0.1, 0.15) is 5.75 Å². The maximum atomic E-state index is 12.5. The van der Waals surface area contributed by atoms with Gasteiger partial charge in [0.05, 0.1) is 25.5 Å². The third-order valence-electron chi connectivity index (χ3n) is 4.14. The molecular weight excluding hydrogens is 360 g/mol. The standard InChI is InChI=1S/C21H26N2O5/c1-6-14-7-9-15(10-8-14)28-13-20(24)22-17-12-19(27-5)18(26-4)11-16(17)21(25)23(2)3/h7-12H,6,13H2,1-5H3,(H,22,24). The summed E-state index contributed by atoms with van der Waals surface area (Å²) in [6.07, 6.45) is 0.933. The summed E-state index contributed by atoms with van der Waals surface area (Å²) in [6, 6.07) is 10.7. The predicted octanol–water partition coefficient (Wildman–Crippen LogP) is 2.99. The zero-order valence-electron chi connectivity index (χ0n) is 16.9. The average Bonchev–Trinajstić information content (AvgIpc) is 2.71. The van der Waals surface area contributed by atoms with Gasteiger partial charge in [-0.2, -0.15) is 0 Å². The lowest BCUT2D eigenvalue weighted by molar-refractivity contribution is -0.118. The Morgan fingerprint density at radius 3 is 2.14 bits per heavy atom. The molecule has 0 heterocycles. The van der Waals surface area contributed by atoms with E-state index in [4.69, 9.17) is 14.2 Å². The molecule has 0 bridgehead atoms. The van der Waals surface area contributed by atoms with Gasteiger partial charge in [-0.25, -0.2) is 0 Å². The molecule has 2 rings (SSSR count). The fourth-order valence-corrected chi connectivity index (χ4v) is 2.56. The van der Waals surface area contributed by atoms with E-state index < -0.39 is 0 Å². The Morgan fingerprint density at radius 2 is 1.61 bits per heavy atom. The number of benzene rings is 2. The van der Waals surface area contributed by atoms with Gasteiger partial charge < -0.3 is 24.4 Å². The van der Waals surface area contributed by atoms with Crippen LogP contribution in [0.25, 0.3) is 0 Å². The Hall–Kier alpha value is -3.22. The van der Waals surface area contributed by atoms with Gasteiger partial charge in [0.15, 0.2) is 18.1 Å². The van der Waals surface area contributed by atoms with Crippen molar-refractivity contribution < 1.29 is 23.8 Å². The van der Waals surface area contributed by atoms with Gasteiger partial charge in [0, 0.05) is 20.2 Å². The molecule has 2 aromatic carbocycles. The first-order valence-electron chi connectivity index (χ1n) is 8.88. The van der Waals surface area contributed by atoms with Crippen molar-refractivity contribution in [1.29, 1.82) is 0 Å². The van der Waals surface area contributed by atoms with Gasteiger partial charge in [0.2, 0.25) is 0 Å². The van der Waals surface area contributed by atoms with Gasteiger partial charge in [0.25, 0.3) is 11.8 Å². The highest BCUT2D eigenvalue weighted by atomic mass is 16.5. The summed E-state index contributed by atoms with van der Waals surface area (Å²) in [5.41, 5.74) is 1.81. The van der Waals surface area contributed by atoms with Crippen molar-refractivity contribution in [2.45, 2.75) is 13.3 Å². The lowest BCUT2D eigenvalue weighted by Gasteiger charge is -2.18. The Bertz CT molecular complexity index is 831. The molecule has 1 N–H and O–H groups in total. The van der Waals surface area contributed by atoms with E-state index in [0.29, 0.717) is 28.5 Å². The minimum absolute atomic E-state index is 0.185. The van der Waals surface area contributed by atoms with Gasteiger partial charge in [-0.1, -0.05) is 19.1 Å². The molecule has 150 valence electrons. The molecule has 0 aromatic heterocycles. The Morgan fingerprint density at radius 1 is 1.00 bits per heavy atom. The van der Waals surface area contributed by atoms with E-state index in [-0.39, 0.29) is 18.4 Å². The van der Waals surface area contributed by atoms with Crippen molar-refractivity contribution in [3.05, 3.63) is 47.5 Å². The van der Waals surface area contributed by atoms with Gasteiger partial charge in [-0.05, 0) is 30.2 Å². The molecule has 28 heavy (non-hydrogen) atoms. The second-order valence-corrected chi connectivity index (χ2v) is 6.29. The molecule has 0 aliphatic rings. The van der Waals surface area contributed by atoms with Crippen LogP contribution in [0.2, 0.25) is 0 Å². The van der Waals surface area contributed by atoms with Crippen LogP contribution in [0.1, 0.15) is 22.8 Å². The van der Waals surface area contributed by atoms with E-state index in [1.165, 1.54) is 24.7 Å². The largest absolute Gasteiger partial charge is 0.493 e. The Balaban J connectivity index is 2.17. The number of carbonyl (C=O) groups is 2. The van der Waals surface area contributed by atoms with Crippen LogP contribution in [-0.4, -0.2) is 51.6 Å². The maximum absolute atomic E-state index is 12.5. The number of amides is 2. The molecule has 0 atom stereocenters. The lowest BCUT2D eigenvalue weighted by atomic mass is 10.1. The molecule has 0 aliphatic heterocycles. The number of hydrogen-bond donors (Lipinski definition) is 1. The van der Waals surface area contributed by atoms with Crippen LogP contribution in [0, 0.1) is 0 Å². The first-order valence-corrected chi connectivity index (χ1v) is 8.88. The van der Waals surface area contributed by atoms with Crippen LogP contribution in [0.15, 0.2) is 36.4 Å². The quantitative estimate of drug-likeness (QED) is 0.755. The molecule has 0 fully saturated rings. The maximum Gasteiger partial charge on any atom is 0.262 e. The smallest absolute Gasteiger partial charge is 0.262 e. The number of hydrogen-bond acceptors (Lipinski definition) is 5. The molecule has 0 saturated carbocycles. The van der Waals surface area contributed by atoms with Crippen LogP contribution in [0.5, 0.6) is 17.2 Å². The van der Waals surface area contributed by atoms with Crippen molar-refractivity contribution in [1.82, 2.24) is 4.90 Å². The van der Waals surface area contributed by atoms with E-state index in [1.807, 2.05) is 24.3 Å². The Kier molecular flexibility index (Phi) is 7.26. The van der Waals surface area contributed by atoms with Crippen LogP contribution in [0.3, 0.4) is 0 Å². The van der Waals surface area contributed by atoms with Crippen molar-refractivity contribution in [2.75, 3.05) is 40.2 Å². The molecule has 0 unspecified atom stereocenters. The SMILES string of the molecule is CCc1ccc(OCC(=O)Nc2cc(OC)c(OC)cc2C(=O)N(C)C)cc1. The highest BCUT2D eigenvalue weighted by molar-refractivity contribution is 6.04. The van der Waals surface area contributed by atoms with E-state index in [0.717, 1.165) is 6.42 Å². The van der Waals surface area contributed by atoms with Crippen molar-refractivity contribution in [3.63, 3.8) is 0 Å². The zero-order valence-corrected chi connectivity index (χ0v) is 16.9. The van der Waals surface area contributed by atoms with Crippen LogP contribution >= 0.6 is 0 Å². The van der Waals surface area contributed by atoms with Gasteiger partial charge >= 0.3 is 0 Å². The number of methoxy groups -OCH3 is 2. The highest BCUT2D eigenvalue weighted by Gasteiger charge is 2.20. The van der Waals surface area contributed by atoms with Crippen LogP contribution in [0.4, 0.5) is 5.69 Å². The molecule has 7 nitrogen and oxygen atoms in total. The van der Waals surface area contributed by atoms with Gasteiger partial charge in [-0.15, -0.1) is 0 Å². The van der Waals surface area contributed by atoms with E-state index in [2.05, 4.69) is 12.2 Å². The van der Waals surface area contributed by atoms with Crippen LogP contribution in [-0.2, 0) is 11.2 Å². The Labute approximate surface area is 165 Å². The fourth-order valence-electron chi connectivity index (χ4n) is 2.56. The molecule has 0 spiro atoms. The second-order valence-electron chi connectivity index (χ2n) is 6.29. The summed E-state index contributed by atoms with van der Waals surface area (Å²) in [5.74, 6) is 0.748. The third-order valence-corrected chi connectivity index (χ3v) is 4.14. The summed E-state index contributed by atoms with van der Waals surface area (Å²) in [7, 11) is 6.24. The summed E-state index contributed by atoms with van der Waals surface area (Å²) >= 11 is 0. The molecule has 2 amide bonds. The number of anilines is 1. The average molecular weight is 386 g/mol. The molecule has 0 aliphatic carbocycles. The summed E-state index contributed by atoms with van der Waals surface area (Å²) < 4.78 is 16.1. The molecule has 0 radical (unpaired) electrons. The van der Waals surface area contributed by atoms with E-state index >= 15 is 0 Å². The molecular formula is C21H26N2O5. The predicted molar refractivity (Wildman–Crippen MR) is 108 cm³/mol. The van der Waals surface area contributed by atoms with Crippen molar-refractivity contribution in [3.8, 4) is 17.2 Å². The summed E-state index contributed by atoms with van der Waals surface area (Å²) in [5, 5.41) is 2.72. The number of nitrogens with zero attached hydrogens (tertiary/aromatic N) is 1. The van der Waals surface area contributed by atoms with Gasteiger partial charge in [-0.3, -0.25) is 9.59 Å². The molecule has 2 aromatic rings. The van der Waals surface area contributed by atoms with E-state index in [1.54, 1.807) is 26.2 Å². The molecule has 0 saturated heterocycles. The minimum Gasteiger partial charge on any atom is -0.493 e.